The smallest absolute Gasteiger partial charge is 0.0865 e. The predicted octanol–water partition coefficient (Wildman–Crippen LogP) is 1.75. The Balaban J connectivity index is 2.35. The van der Waals surface area contributed by atoms with Crippen molar-refractivity contribution in [2.75, 3.05) is 0 Å². The fourth-order valence-electron chi connectivity index (χ4n) is 1.48. The summed E-state index contributed by atoms with van der Waals surface area (Å²) in [6.07, 6.45) is 11.1. The van der Waals surface area contributed by atoms with Crippen molar-refractivity contribution in [3.63, 3.8) is 0 Å². The quantitative estimate of drug-likeness (QED) is 0.694. The summed E-state index contributed by atoms with van der Waals surface area (Å²) in [4.78, 5) is 0. The maximum atomic E-state index is 10.0. The van der Waals surface area contributed by atoms with Crippen LogP contribution in [-0.4, -0.2) is 16.7 Å². The van der Waals surface area contributed by atoms with Gasteiger partial charge in [0.25, 0.3) is 0 Å². The lowest BCUT2D eigenvalue weighted by Gasteiger charge is -2.26. The van der Waals surface area contributed by atoms with Crippen molar-refractivity contribution in [2.24, 2.45) is 5.73 Å². The third kappa shape index (κ3) is 3.33. The molecule has 1 aliphatic carbocycles. The van der Waals surface area contributed by atoms with Crippen LogP contribution in [0.4, 0.5) is 0 Å². The minimum Gasteiger partial charge on any atom is -0.385 e. The van der Waals surface area contributed by atoms with Gasteiger partial charge in [0.15, 0.2) is 0 Å². The first-order chi connectivity index (χ1) is 6.16. The predicted molar refractivity (Wildman–Crippen MR) is 55.3 cm³/mol. The van der Waals surface area contributed by atoms with E-state index in [9.17, 15) is 5.11 Å². The van der Waals surface area contributed by atoms with E-state index >= 15 is 0 Å². The van der Waals surface area contributed by atoms with E-state index in [1.165, 1.54) is 0 Å². The molecule has 0 fully saturated rings. The van der Waals surface area contributed by atoms with E-state index in [0.29, 0.717) is 0 Å². The van der Waals surface area contributed by atoms with Gasteiger partial charge in [-0.3, -0.25) is 0 Å². The minimum absolute atomic E-state index is 0.225. The van der Waals surface area contributed by atoms with Crippen molar-refractivity contribution >= 4 is 0 Å². The minimum atomic E-state index is -0.637. The lowest BCUT2D eigenvalue weighted by molar-refractivity contribution is 0.0789. The van der Waals surface area contributed by atoms with Gasteiger partial charge in [-0.15, -0.1) is 0 Å². The number of nitrogens with two attached hydrogens (primary N) is 1. The van der Waals surface area contributed by atoms with Gasteiger partial charge in [0, 0.05) is 6.04 Å². The number of aliphatic hydroxyl groups is 1. The van der Waals surface area contributed by atoms with Crippen LogP contribution in [0.15, 0.2) is 24.3 Å². The van der Waals surface area contributed by atoms with E-state index in [0.717, 1.165) is 25.7 Å². The zero-order valence-electron chi connectivity index (χ0n) is 8.24. The standard InChI is InChI=1S/C11H19NO/c1-2-10(12)6-9-11(13)7-4-3-5-8-11/h3-5,7,10,13H,2,6,8-9,12H2,1H3. The first kappa shape index (κ1) is 10.5. The fraction of sp³-hybridized carbons (Fsp3) is 0.636. The molecule has 13 heavy (non-hydrogen) atoms. The third-order valence-corrected chi connectivity index (χ3v) is 2.60. The Morgan fingerprint density at radius 3 is 2.85 bits per heavy atom. The zero-order valence-corrected chi connectivity index (χ0v) is 8.24. The summed E-state index contributed by atoms with van der Waals surface area (Å²) in [6.45, 7) is 2.07. The Bertz CT molecular complexity index is 210. The average Bonchev–Trinajstić information content (AvgIpc) is 2.15. The molecule has 0 saturated heterocycles. The van der Waals surface area contributed by atoms with Gasteiger partial charge in [-0.25, -0.2) is 0 Å². The second-order valence-corrected chi connectivity index (χ2v) is 3.80. The van der Waals surface area contributed by atoms with Crippen molar-refractivity contribution in [1.82, 2.24) is 0 Å². The van der Waals surface area contributed by atoms with Gasteiger partial charge in [0.05, 0.1) is 5.60 Å². The SMILES string of the molecule is CCC(N)CCC1(O)C=CC=CC1. The summed E-state index contributed by atoms with van der Waals surface area (Å²) in [5.41, 5.74) is 5.16. The van der Waals surface area contributed by atoms with Crippen LogP contribution in [0.2, 0.25) is 0 Å². The molecule has 0 aromatic carbocycles. The van der Waals surface area contributed by atoms with Crippen molar-refractivity contribution in [1.29, 1.82) is 0 Å². The maximum absolute atomic E-state index is 10.0. The normalized spacial score (nSPS) is 29.2. The highest BCUT2D eigenvalue weighted by Crippen LogP contribution is 2.23. The molecular formula is C11H19NO. The van der Waals surface area contributed by atoms with Crippen LogP contribution in [0, 0.1) is 0 Å². The highest BCUT2D eigenvalue weighted by molar-refractivity contribution is 5.17. The van der Waals surface area contributed by atoms with Crippen molar-refractivity contribution in [3.05, 3.63) is 24.3 Å². The van der Waals surface area contributed by atoms with Gasteiger partial charge in [-0.05, 0) is 25.7 Å². The van der Waals surface area contributed by atoms with E-state index in [2.05, 4.69) is 6.92 Å². The third-order valence-electron chi connectivity index (χ3n) is 2.60. The molecule has 0 radical (unpaired) electrons. The van der Waals surface area contributed by atoms with Gasteiger partial charge >= 0.3 is 0 Å². The zero-order chi connectivity index (χ0) is 9.73. The van der Waals surface area contributed by atoms with Crippen molar-refractivity contribution in [3.8, 4) is 0 Å². The molecule has 0 amide bonds. The van der Waals surface area contributed by atoms with Crippen LogP contribution in [0.1, 0.15) is 32.6 Å². The van der Waals surface area contributed by atoms with Gasteiger partial charge in [0.2, 0.25) is 0 Å². The molecule has 1 rings (SSSR count). The van der Waals surface area contributed by atoms with Crippen molar-refractivity contribution in [2.45, 2.75) is 44.2 Å². The van der Waals surface area contributed by atoms with Gasteiger partial charge in [-0.2, -0.15) is 0 Å². The summed E-state index contributed by atoms with van der Waals surface area (Å²) in [5.74, 6) is 0. The summed E-state index contributed by atoms with van der Waals surface area (Å²) >= 11 is 0. The van der Waals surface area contributed by atoms with E-state index in [4.69, 9.17) is 5.73 Å². The second-order valence-electron chi connectivity index (χ2n) is 3.80. The summed E-state index contributed by atoms with van der Waals surface area (Å²) in [7, 11) is 0. The first-order valence-corrected chi connectivity index (χ1v) is 4.98. The van der Waals surface area contributed by atoms with Crippen LogP contribution >= 0.6 is 0 Å². The van der Waals surface area contributed by atoms with Crippen LogP contribution in [-0.2, 0) is 0 Å². The van der Waals surface area contributed by atoms with Crippen LogP contribution in [0.3, 0.4) is 0 Å². The number of allylic oxidation sites excluding steroid dienone is 2. The van der Waals surface area contributed by atoms with Crippen LogP contribution in [0.5, 0.6) is 0 Å². The summed E-state index contributed by atoms with van der Waals surface area (Å²) in [5, 5.41) is 10.0. The Morgan fingerprint density at radius 2 is 2.31 bits per heavy atom. The Morgan fingerprint density at radius 1 is 1.54 bits per heavy atom. The molecule has 2 heteroatoms. The second kappa shape index (κ2) is 4.58. The van der Waals surface area contributed by atoms with E-state index in [1.807, 2.05) is 24.3 Å². The molecule has 0 saturated carbocycles. The molecule has 0 spiro atoms. The average molecular weight is 181 g/mol. The monoisotopic (exact) mass is 181 g/mol. The molecule has 0 aromatic heterocycles. The summed E-state index contributed by atoms with van der Waals surface area (Å²) < 4.78 is 0. The number of hydrogen-bond acceptors (Lipinski definition) is 2. The fourth-order valence-corrected chi connectivity index (χ4v) is 1.48. The van der Waals surface area contributed by atoms with E-state index < -0.39 is 5.60 Å². The molecule has 1 aliphatic rings. The maximum Gasteiger partial charge on any atom is 0.0865 e. The van der Waals surface area contributed by atoms with Crippen LogP contribution in [0.25, 0.3) is 0 Å². The largest absolute Gasteiger partial charge is 0.385 e. The highest BCUT2D eigenvalue weighted by atomic mass is 16.3. The van der Waals surface area contributed by atoms with Crippen LogP contribution < -0.4 is 5.73 Å². The molecule has 2 atom stereocenters. The molecule has 0 bridgehead atoms. The molecule has 0 aliphatic heterocycles. The molecule has 2 nitrogen and oxygen atoms in total. The number of rotatable bonds is 4. The Hall–Kier alpha value is -0.600. The Kier molecular flexibility index (Phi) is 3.70. The lowest BCUT2D eigenvalue weighted by atomic mass is 9.89. The first-order valence-electron chi connectivity index (χ1n) is 4.98. The topological polar surface area (TPSA) is 46.2 Å². The Labute approximate surface area is 80.1 Å². The highest BCUT2D eigenvalue weighted by Gasteiger charge is 2.23. The van der Waals surface area contributed by atoms with E-state index in [-0.39, 0.29) is 6.04 Å². The summed E-state index contributed by atoms with van der Waals surface area (Å²) in [6, 6.07) is 0.225. The van der Waals surface area contributed by atoms with Gasteiger partial charge < -0.3 is 10.8 Å². The number of hydrogen-bond donors (Lipinski definition) is 2. The molecule has 2 unspecified atom stereocenters. The molecule has 0 aromatic rings. The van der Waals surface area contributed by atoms with E-state index in [1.54, 1.807) is 0 Å². The van der Waals surface area contributed by atoms with Crippen molar-refractivity contribution < 1.29 is 5.11 Å². The molecule has 3 N–H and O–H groups in total. The molecular weight excluding hydrogens is 162 g/mol. The molecule has 0 heterocycles. The lowest BCUT2D eigenvalue weighted by Crippen LogP contribution is -2.30. The molecule has 74 valence electrons. The van der Waals surface area contributed by atoms with Gasteiger partial charge in [-0.1, -0.05) is 31.2 Å². The van der Waals surface area contributed by atoms with Gasteiger partial charge in [0.1, 0.15) is 0 Å².